The quantitative estimate of drug-likeness (QED) is 0.562. The maximum Gasteiger partial charge on any atom is 0.319 e. The number of ether oxygens (including phenoxy) is 1. The van der Waals surface area contributed by atoms with Crippen LogP contribution in [0, 0.1) is 0 Å². The van der Waals surface area contributed by atoms with Gasteiger partial charge in [0.25, 0.3) is 6.43 Å². The Hall–Kier alpha value is -2.86. The van der Waals surface area contributed by atoms with Crippen LogP contribution in [-0.4, -0.2) is 69.4 Å². The molecule has 2 amide bonds. The average Bonchev–Trinajstić information content (AvgIpc) is 3.65. The van der Waals surface area contributed by atoms with Crippen LogP contribution in [0.15, 0.2) is 30.3 Å². The second kappa shape index (κ2) is 10.0. The van der Waals surface area contributed by atoms with Crippen LogP contribution in [-0.2, 0) is 19.3 Å². The number of morpholine rings is 1. The summed E-state index contributed by atoms with van der Waals surface area (Å²) in [4.78, 5) is 23.3. The molecule has 0 radical (unpaired) electrons. The van der Waals surface area contributed by atoms with Gasteiger partial charge in [0, 0.05) is 30.1 Å². The molecule has 4 rings (SSSR count). The zero-order valence-electron chi connectivity index (χ0n) is 19.6. The second-order valence-corrected chi connectivity index (χ2v) is 11.2. The average molecular weight is 510 g/mol. The minimum absolute atomic E-state index is 0.117. The molecular formula is C23H29F2N5O4S. The Labute approximate surface area is 203 Å². The summed E-state index contributed by atoms with van der Waals surface area (Å²) in [5.41, 5.74) is 1.53. The molecule has 2 aromatic rings. The van der Waals surface area contributed by atoms with Crippen molar-refractivity contribution >= 4 is 27.4 Å². The smallest absolute Gasteiger partial charge is 0.319 e. The van der Waals surface area contributed by atoms with Gasteiger partial charge in [0.05, 0.1) is 31.5 Å². The lowest BCUT2D eigenvalue weighted by Gasteiger charge is -2.36. The number of nitrogens with zero attached hydrogens (tertiary/aromatic N) is 3. The molecule has 2 fully saturated rings. The number of hydrogen-bond acceptors (Lipinski definition) is 7. The number of benzene rings is 1. The number of carbonyl (C=O) groups is 1. The molecule has 1 atom stereocenters. The van der Waals surface area contributed by atoms with Gasteiger partial charge in [-0.25, -0.2) is 32.0 Å². The fourth-order valence-electron chi connectivity index (χ4n) is 4.22. The molecule has 35 heavy (non-hydrogen) atoms. The molecular weight excluding hydrogens is 480 g/mol. The van der Waals surface area contributed by atoms with Crippen LogP contribution in [0.2, 0.25) is 0 Å². The Bertz CT molecular complexity index is 1170. The first-order valence-electron chi connectivity index (χ1n) is 11.5. The lowest BCUT2D eigenvalue weighted by Crippen LogP contribution is -2.45. The van der Waals surface area contributed by atoms with E-state index < -0.39 is 33.6 Å². The molecule has 1 aliphatic carbocycles. The monoisotopic (exact) mass is 509 g/mol. The summed E-state index contributed by atoms with van der Waals surface area (Å²) >= 11 is 0. The van der Waals surface area contributed by atoms with Gasteiger partial charge in [-0.1, -0.05) is 6.92 Å². The first-order chi connectivity index (χ1) is 16.6. The highest BCUT2D eigenvalue weighted by Gasteiger charge is 2.55. The Morgan fingerprint density at radius 3 is 2.57 bits per heavy atom. The molecule has 2 aliphatic rings. The first kappa shape index (κ1) is 25.2. The van der Waals surface area contributed by atoms with Gasteiger partial charge in [-0.3, -0.25) is 0 Å². The fraction of sp³-hybridized carbons (Fsp3) is 0.522. The molecule has 0 spiro atoms. The summed E-state index contributed by atoms with van der Waals surface area (Å²) in [5.74, 6) is 1.03. The van der Waals surface area contributed by atoms with Crippen molar-refractivity contribution in [1.82, 2.24) is 15.3 Å². The number of anilines is 2. The van der Waals surface area contributed by atoms with Gasteiger partial charge in [0.15, 0.2) is 15.7 Å². The standard InChI is InChI=1S/C23H29F2N5O4S/c1-3-17-14-34-11-10-30(17)20-12-18(23(8-9-23)35(2,32)33)28-21(29-20)15-4-6-16(7-5-15)27-22(31)26-13-19(24)25/h4-7,12,17,19H,3,8-11,13-14H2,1-2H3,(H2,26,27,31)/t17-/m0/s1. The maximum absolute atomic E-state index is 12.6. The van der Waals surface area contributed by atoms with Crippen LogP contribution >= 0.6 is 0 Å². The lowest BCUT2D eigenvalue weighted by atomic mass is 10.1. The molecule has 1 aromatic carbocycles. The summed E-state index contributed by atoms with van der Waals surface area (Å²) < 4.78 is 54.4. The Morgan fingerprint density at radius 2 is 1.97 bits per heavy atom. The molecule has 0 bridgehead atoms. The normalized spacial score (nSPS) is 19.5. The van der Waals surface area contributed by atoms with Gasteiger partial charge in [0.1, 0.15) is 10.6 Å². The topological polar surface area (TPSA) is 114 Å². The van der Waals surface area contributed by atoms with E-state index in [0.29, 0.717) is 61.2 Å². The van der Waals surface area contributed by atoms with Crippen molar-refractivity contribution in [3.63, 3.8) is 0 Å². The zero-order valence-corrected chi connectivity index (χ0v) is 20.4. The summed E-state index contributed by atoms with van der Waals surface area (Å²) in [6.07, 6.45) is 0.476. The highest BCUT2D eigenvalue weighted by molar-refractivity contribution is 7.91. The molecule has 9 nitrogen and oxygen atoms in total. The van der Waals surface area contributed by atoms with Gasteiger partial charge in [-0.2, -0.15) is 0 Å². The van der Waals surface area contributed by atoms with E-state index in [9.17, 15) is 22.0 Å². The van der Waals surface area contributed by atoms with E-state index in [1.165, 1.54) is 6.26 Å². The number of sulfone groups is 1. The number of amides is 2. The SMILES string of the molecule is CC[C@H]1COCCN1c1cc(C2(S(C)(=O)=O)CC2)nc(-c2ccc(NC(=O)NCC(F)F)cc2)n1. The highest BCUT2D eigenvalue weighted by atomic mass is 32.2. The fourth-order valence-corrected chi connectivity index (χ4v) is 5.55. The van der Waals surface area contributed by atoms with E-state index in [1.807, 2.05) is 0 Å². The number of urea groups is 1. The third-order valence-electron chi connectivity index (χ3n) is 6.40. The van der Waals surface area contributed by atoms with Gasteiger partial charge >= 0.3 is 6.03 Å². The first-order valence-corrected chi connectivity index (χ1v) is 13.4. The van der Waals surface area contributed by atoms with Crippen LogP contribution in [0.5, 0.6) is 0 Å². The minimum atomic E-state index is -3.38. The highest BCUT2D eigenvalue weighted by Crippen LogP contribution is 2.52. The third kappa shape index (κ3) is 5.53. The Kier molecular flexibility index (Phi) is 7.22. The predicted octanol–water partition coefficient (Wildman–Crippen LogP) is 3.18. The minimum Gasteiger partial charge on any atom is -0.377 e. The molecule has 2 N–H and O–H groups in total. The summed E-state index contributed by atoms with van der Waals surface area (Å²) in [7, 11) is -3.38. The van der Waals surface area contributed by atoms with Crippen molar-refractivity contribution in [2.75, 3.05) is 42.8 Å². The Balaban J connectivity index is 1.66. The number of hydrogen-bond donors (Lipinski definition) is 2. The predicted molar refractivity (Wildman–Crippen MR) is 128 cm³/mol. The number of rotatable bonds is 8. The van der Waals surface area contributed by atoms with E-state index in [1.54, 1.807) is 30.3 Å². The van der Waals surface area contributed by atoms with Gasteiger partial charge < -0.3 is 20.3 Å². The molecule has 1 aromatic heterocycles. The number of aromatic nitrogens is 2. The van der Waals surface area contributed by atoms with E-state index in [4.69, 9.17) is 9.72 Å². The van der Waals surface area contributed by atoms with E-state index in [0.717, 1.165) is 6.42 Å². The van der Waals surface area contributed by atoms with Crippen molar-refractivity contribution < 1.29 is 26.7 Å². The Morgan fingerprint density at radius 1 is 1.26 bits per heavy atom. The maximum atomic E-state index is 12.6. The summed E-state index contributed by atoms with van der Waals surface area (Å²) in [6.45, 7) is 3.08. The van der Waals surface area contributed by atoms with E-state index in [-0.39, 0.29) is 6.04 Å². The van der Waals surface area contributed by atoms with Crippen molar-refractivity contribution in [3.05, 3.63) is 36.0 Å². The molecule has 1 saturated carbocycles. The second-order valence-electron chi connectivity index (χ2n) is 8.84. The summed E-state index contributed by atoms with van der Waals surface area (Å²) in [6, 6.07) is 7.78. The van der Waals surface area contributed by atoms with Gasteiger partial charge in [-0.15, -0.1) is 0 Å². The van der Waals surface area contributed by atoms with Gasteiger partial charge in [-0.05, 0) is 43.5 Å². The largest absolute Gasteiger partial charge is 0.377 e. The lowest BCUT2D eigenvalue weighted by molar-refractivity contribution is 0.0925. The molecule has 12 heteroatoms. The number of nitrogens with one attached hydrogen (secondary N) is 2. The van der Waals surface area contributed by atoms with Crippen LogP contribution in [0.25, 0.3) is 11.4 Å². The van der Waals surface area contributed by atoms with Crippen LogP contribution in [0.3, 0.4) is 0 Å². The van der Waals surface area contributed by atoms with Crippen molar-refractivity contribution in [2.45, 2.75) is 43.4 Å². The van der Waals surface area contributed by atoms with Crippen molar-refractivity contribution in [2.24, 2.45) is 0 Å². The number of halogens is 2. The molecule has 2 heterocycles. The van der Waals surface area contributed by atoms with Crippen molar-refractivity contribution in [1.29, 1.82) is 0 Å². The third-order valence-corrected chi connectivity index (χ3v) is 8.44. The number of alkyl halides is 2. The number of carbonyl (C=O) groups excluding carboxylic acids is 1. The van der Waals surface area contributed by atoms with Gasteiger partial charge in [0.2, 0.25) is 0 Å². The van der Waals surface area contributed by atoms with E-state index in [2.05, 4.69) is 27.4 Å². The zero-order chi connectivity index (χ0) is 25.2. The molecule has 0 unspecified atom stereocenters. The molecule has 1 aliphatic heterocycles. The summed E-state index contributed by atoms with van der Waals surface area (Å²) in [5, 5.41) is 4.57. The molecule has 1 saturated heterocycles. The van der Waals surface area contributed by atoms with Crippen LogP contribution < -0.4 is 15.5 Å². The van der Waals surface area contributed by atoms with Crippen LogP contribution in [0.1, 0.15) is 31.9 Å². The van der Waals surface area contributed by atoms with E-state index >= 15 is 0 Å². The molecule has 190 valence electrons. The van der Waals surface area contributed by atoms with Crippen molar-refractivity contribution in [3.8, 4) is 11.4 Å². The van der Waals surface area contributed by atoms with Crippen LogP contribution in [0.4, 0.5) is 25.1 Å².